The van der Waals surface area contributed by atoms with Gasteiger partial charge in [-0.1, -0.05) is 36.4 Å². The number of rotatable bonds is 4. The highest BCUT2D eigenvalue weighted by Gasteiger charge is 2.17. The number of nitrogens with zero attached hydrogens (tertiary/aromatic N) is 1. The first-order chi connectivity index (χ1) is 12.2. The lowest BCUT2D eigenvalue weighted by Gasteiger charge is -2.11. The van der Waals surface area contributed by atoms with Crippen LogP contribution in [0.5, 0.6) is 5.75 Å². The average molecular weight is 331 g/mol. The van der Waals surface area contributed by atoms with E-state index in [2.05, 4.69) is 40.6 Å². The largest absolute Gasteiger partial charge is 0.497 e. The zero-order valence-electron chi connectivity index (χ0n) is 14.3. The van der Waals surface area contributed by atoms with Gasteiger partial charge in [0, 0.05) is 5.69 Å². The van der Waals surface area contributed by atoms with Crippen molar-refractivity contribution < 1.29 is 4.74 Å². The third kappa shape index (κ3) is 3.03. The van der Waals surface area contributed by atoms with Gasteiger partial charge in [-0.25, -0.2) is 4.99 Å². The van der Waals surface area contributed by atoms with Crippen LogP contribution in [0.25, 0.3) is 10.8 Å². The van der Waals surface area contributed by atoms with Crippen molar-refractivity contribution in [2.45, 2.75) is 19.4 Å². The Morgan fingerprint density at radius 3 is 2.72 bits per heavy atom. The summed E-state index contributed by atoms with van der Waals surface area (Å²) in [5, 5.41) is 5.95. The van der Waals surface area contributed by atoms with E-state index in [0.29, 0.717) is 12.5 Å². The molecule has 0 saturated heterocycles. The van der Waals surface area contributed by atoms with E-state index in [0.717, 1.165) is 29.8 Å². The van der Waals surface area contributed by atoms with Crippen LogP contribution in [0.3, 0.4) is 0 Å². The van der Waals surface area contributed by atoms with Gasteiger partial charge in [0.05, 0.1) is 13.7 Å². The third-order valence-electron chi connectivity index (χ3n) is 4.74. The van der Waals surface area contributed by atoms with Gasteiger partial charge in [0.2, 0.25) is 0 Å². The summed E-state index contributed by atoms with van der Waals surface area (Å²) in [7, 11) is 1.66. The molecule has 0 aromatic heterocycles. The Balaban J connectivity index is 1.53. The molecule has 4 heteroatoms. The Labute approximate surface area is 147 Å². The second-order valence-electron chi connectivity index (χ2n) is 6.28. The van der Waals surface area contributed by atoms with Crippen molar-refractivity contribution in [3.8, 4) is 5.75 Å². The summed E-state index contributed by atoms with van der Waals surface area (Å²) >= 11 is 0. The van der Waals surface area contributed by atoms with Crippen LogP contribution in [0.2, 0.25) is 0 Å². The zero-order valence-corrected chi connectivity index (χ0v) is 14.3. The van der Waals surface area contributed by atoms with Crippen LogP contribution in [0.1, 0.15) is 16.7 Å². The fourth-order valence-electron chi connectivity index (χ4n) is 3.46. The predicted molar refractivity (Wildman–Crippen MR) is 103 cm³/mol. The minimum Gasteiger partial charge on any atom is -0.497 e. The molecule has 1 aliphatic rings. The van der Waals surface area contributed by atoms with E-state index in [9.17, 15) is 0 Å². The lowest BCUT2D eigenvalue weighted by Crippen LogP contribution is -2.23. The first-order valence-electron chi connectivity index (χ1n) is 8.48. The van der Waals surface area contributed by atoms with Crippen molar-refractivity contribution in [2.24, 2.45) is 10.7 Å². The maximum absolute atomic E-state index is 6.11. The molecule has 0 amide bonds. The molecule has 25 heavy (non-hydrogen) atoms. The van der Waals surface area contributed by atoms with E-state index in [1.54, 1.807) is 7.11 Å². The fourth-order valence-corrected chi connectivity index (χ4v) is 3.46. The normalized spacial score (nSPS) is 13.2. The van der Waals surface area contributed by atoms with Crippen molar-refractivity contribution in [3.63, 3.8) is 0 Å². The van der Waals surface area contributed by atoms with Crippen molar-refractivity contribution in [1.82, 2.24) is 0 Å². The standard InChI is InChI=1S/C21H21N3O/c1-25-17-9-5-14(6-10-17)13-23-21(22)24-19-12-8-16-4-2-3-15-7-11-18(19)20(15)16/h2-6,8-10,12H,7,11,13H2,1H3,(H3,22,23,24). The summed E-state index contributed by atoms with van der Waals surface area (Å²) in [5.74, 6) is 1.28. The minimum atomic E-state index is 0.441. The lowest BCUT2D eigenvalue weighted by atomic mass is 10.0. The van der Waals surface area contributed by atoms with E-state index in [1.165, 1.54) is 21.9 Å². The maximum Gasteiger partial charge on any atom is 0.193 e. The molecule has 0 spiro atoms. The molecule has 1 aliphatic carbocycles. The highest BCUT2D eigenvalue weighted by atomic mass is 16.5. The fraction of sp³-hybridized carbons (Fsp3) is 0.190. The molecule has 0 saturated carbocycles. The Morgan fingerprint density at radius 1 is 1.08 bits per heavy atom. The van der Waals surface area contributed by atoms with E-state index in [4.69, 9.17) is 10.5 Å². The first-order valence-corrected chi connectivity index (χ1v) is 8.48. The molecule has 4 rings (SSSR count). The first kappa shape index (κ1) is 15.5. The van der Waals surface area contributed by atoms with Crippen molar-refractivity contribution in [2.75, 3.05) is 12.4 Å². The predicted octanol–water partition coefficient (Wildman–Crippen LogP) is 3.87. The molecular weight excluding hydrogens is 310 g/mol. The SMILES string of the molecule is COc1ccc(CN=C(N)Nc2ccc3cccc4c3c2CC4)cc1. The highest BCUT2D eigenvalue weighted by molar-refractivity contribution is 6.00. The number of benzene rings is 3. The number of nitrogens with two attached hydrogens (primary N) is 1. The molecule has 3 aromatic carbocycles. The van der Waals surface area contributed by atoms with Crippen LogP contribution in [-0.4, -0.2) is 13.1 Å². The van der Waals surface area contributed by atoms with Gasteiger partial charge in [-0.15, -0.1) is 0 Å². The molecule has 3 aromatic rings. The van der Waals surface area contributed by atoms with Gasteiger partial charge in [-0.3, -0.25) is 0 Å². The summed E-state index contributed by atoms with van der Waals surface area (Å²) in [5.41, 5.74) is 11.0. The summed E-state index contributed by atoms with van der Waals surface area (Å²) < 4.78 is 5.17. The van der Waals surface area contributed by atoms with Gasteiger partial charge in [-0.05, 0) is 58.5 Å². The second-order valence-corrected chi connectivity index (χ2v) is 6.28. The van der Waals surface area contributed by atoms with Gasteiger partial charge >= 0.3 is 0 Å². The Hall–Kier alpha value is -3.01. The number of nitrogens with one attached hydrogen (secondary N) is 1. The second kappa shape index (κ2) is 6.48. The van der Waals surface area contributed by atoms with Crippen molar-refractivity contribution >= 4 is 22.4 Å². The van der Waals surface area contributed by atoms with Gasteiger partial charge in [-0.2, -0.15) is 0 Å². The summed E-state index contributed by atoms with van der Waals surface area (Å²) in [6.07, 6.45) is 2.14. The van der Waals surface area contributed by atoms with Crippen LogP contribution >= 0.6 is 0 Å². The summed E-state index contributed by atoms with van der Waals surface area (Å²) in [4.78, 5) is 4.46. The average Bonchev–Trinajstić information content (AvgIpc) is 3.09. The molecule has 0 aliphatic heterocycles. The van der Waals surface area contributed by atoms with Gasteiger partial charge in [0.25, 0.3) is 0 Å². The molecule has 0 fully saturated rings. The van der Waals surface area contributed by atoms with E-state index in [-0.39, 0.29) is 0 Å². The smallest absolute Gasteiger partial charge is 0.193 e. The monoisotopic (exact) mass is 331 g/mol. The zero-order chi connectivity index (χ0) is 17.2. The van der Waals surface area contributed by atoms with Crippen LogP contribution in [-0.2, 0) is 19.4 Å². The van der Waals surface area contributed by atoms with Gasteiger partial charge in [0.1, 0.15) is 5.75 Å². The topological polar surface area (TPSA) is 59.6 Å². The number of anilines is 1. The Morgan fingerprint density at radius 2 is 1.92 bits per heavy atom. The van der Waals surface area contributed by atoms with Gasteiger partial charge in [0.15, 0.2) is 5.96 Å². The maximum atomic E-state index is 6.11. The number of aryl methyl sites for hydroxylation is 2. The minimum absolute atomic E-state index is 0.441. The molecule has 0 atom stereocenters. The van der Waals surface area contributed by atoms with Crippen LogP contribution in [0, 0.1) is 0 Å². The van der Waals surface area contributed by atoms with E-state index >= 15 is 0 Å². The number of hydrogen-bond donors (Lipinski definition) is 2. The van der Waals surface area contributed by atoms with Crippen molar-refractivity contribution in [1.29, 1.82) is 0 Å². The van der Waals surface area contributed by atoms with Crippen LogP contribution < -0.4 is 15.8 Å². The molecule has 4 nitrogen and oxygen atoms in total. The number of guanidine groups is 1. The van der Waals surface area contributed by atoms with Gasteiger partial charge < -0.3 is 15.8 Å². The Kier molecular flexibility index (Phi) is 4.02. The van der Waals surface area contributed by atoms with Crippen molar-refractivity contribution in [3.05, 3.63) is 71.3 Å². The van der Waals surface area contributed by atoms with Crippen LogP contribution in [0.4, 0.5) is 5.69 Å². The lowest BCUT2D eigenvalue weighted by molar-refractivity contribution is 0.414. The molecule has 0 unspecified atom stereocenters. The molecule has 0 radical (unpaired) electrons. The summed E-state index contributed by atoms with van der Waals surface area (Å²) in [6, 6.07) is 18.6. The Bertz CT molecular complexity index is 945. The van der Waals surface area contributed by atoms with Crippen LogP contribution in [0.15, 0.2) is 59.6 Å². The quantitative estimate of drug-likeness (QED) is 0.563. The van der Waals surface area contributed by atoms with E-state index in [1.807, 2.05) is 24.3 Å². The van der Waals surface area contributed by atoms with E-state index < -0.39 is 0 Å². The number of ether oxygens (including phenoxy) is 1. The molecular formula is C21H21N3O. The molecule has 0 heterocycles. The number of methoxy groups -OCH3 is 1. The number of hydrogen-bond acceptors (Lipinski definition) is 2. The summed E-state index contributed by atoms with van der Waals surface area (Å²) in [6.45, 7) is 0.539. The third-order valence-corrected chi connectivity index (χ3v) is 4.74. The molecule has 3 N–H and O–H groups in total. The molecule has 0 bridgehead atoms. The molecule has 126 valence electrons. The highest BCUT2D eigenvalue weighted by Crippen LogP contribution is 2.35. The number of aliphatic imine (C=N–C) groups is 1.